The van der Waals surface area contributed by atoms with Gasteiger partial charge in [-0.1, -0.05) is 35.2 Å². The molecule has 0 radical (unpaired) electrons. The van der Waals surface area contributed by atoms with Crippen molar-refractivity contribution in [3.05, 3.63) is 28.2 Å². The van der Waals surface area contributed by atoms with Gasteiger partial charge in [-0.2, -0.15) is 0 Å². The summed E-state index contributed by atoms with van der Waals surface area (Å²) in [6, 6.07) is 6.35. The van der Waals surface area contributed by atoms with Crippen LogP contribution in [0.5, 0.6) is 5.75 Å². The first-order valence-electron chi connectivity index (χ1n) is 7.71. The minimum atomic E-state index is 0.771. The third-order valence-corrected chi connectivity index (χ3v) is 5.00. The average molecular weight is 340 g/mol. The van der Waals surface area contributed by atoms with Crippen LogP contribution >= 0.6 is 15.9 Å². The maximum absolute atomic E-state index is 5.53. The molecule has 20 heavy (non-hydrogen) atoms. The Labute approximate surface area is 131 Å². The highest BCUT2D eigenvalue weighted by Crippen LogP contribution is 2.34. The van der Waals surface area contributed by atoms with Crippen molar-refractivity contribution in [1.29, 1.82) is 0 Å². The molecule has 1 aromatic rings. The van der Waals surface area contributed by atoms with Crippen molar-refractivity contribution in [2.24, 2.45) is 11.8 Å². The summed E-state index contributed by atoms with van der Waals surface area (Å²) < 4.78 is 6.68. The molecule has 112 valence electrons. The Kier molecular flexibility index (Phi) is 6.37. The van der Waals surface area contributed by atoms with Crippen molar-refractivity contribution in [2.45, 2.75) is 38.5 Å². The van der Waals surface area contributed by atoms with Crippen molar-refractivity contribution >= 4 is 15.9 Å². The van der Waals surface area contributed by atoms with Gasteiger partial charge in [0.05, 0.1) is 7.11 Å². The standard InChI is InChI=1S/C17H26BrNO/c1-19-12-14-7-5-3-4-6-13(14)10-15-11-16(18)8-9-17(15)20-2/h8-9,11,13-14,19H,3-7,10,12H2,1-2H3. The lowest BCUT2D eigenvalue weighted by atomic mass is 9.83. The number of halogens is 1. The molecule has 2 atom stereocenters. The zero-order chi connectivity index (χ0) is 14.4. The molecule has 0 saturated heterocycles. The number of methoxy groups -OCH3 is 1. The summed E-state index contributed by atoms with van der Waals surface area (Å²) in [6.07, 6.45) is 8.00. The fourth-order valence-corrected chi connectivity index (χ4v) is 3.86. The molecule has 1 fully saturated rings. The molecule has 2 unspecified atom stereocenters. The number of nitrogens with one attached hydrogen (secondary N) is 1. The molecule has 1 aromatic carbocycles. The first kappa shape index (κ1) is 15.8. The van der Waals surface area contributed by atoms with Crippen LogP contribution in [0.2, 0.25) is 0 Å². The highest BCUT2D eigenvalue weighted by molar-refractivity contribution is 9.10. The second kappa shape index (κ2) is 8.04. The van der Waals surface area contributed by atoms with Gasteiger partial charge in [-0.25, -0.2) is 0 Å². The highest BCUT2D eigenvalue weighted by Gasteiger charge is 2.24. The van der Waals surface area contributed by atoms with Gasteiger partial charge in [-0.05, 0) is 68.5 Å². The van der Waals surface area contributed by atoms with Crippen LogP contribution in [-0.4, -0.2) is 20.7 Å². The predicted molar refractivity (Wildman–Crippen MR) is 88.4 cm³/mol. The molecule has 0 amide bonds. The second-order valence-corrected chi connectivity index (χ2v) is 6.79. The molecule has 2 rings (SSSR count). The predicted octanol–water partition coefficient (Wildman–Crippen LogP) is 4.42. The maximum Gasteiger partial charge on any atom is 0.122 e. The lowest BCUT2D eigenvalue weighted by molar-refractivity contribution is 0.300. The van der Waals surface area contributed by atoms with Crippen LogP contribution in [0.3, 0.4) is 0 Å². The smallest absolute Gasteiger partial charge is 0.122 e. The zero-order valence-electron chi connectivity index (χ0n) is 12.6. The lowest BCUT2D eigenvalue weighted by Crippen LogP contribution is -2.26. The highest BCUT2D eigenvalue weighted by atomic mass is 79.9. The van der Waals surface area contributed by atoms with Crippen molar-refractivity contribution in [3.8, 4) is 5.75 Å². The van der Waals surface area contributed by atoms with E-state index in [9.17, 15) is 0 Å². The summed E-state index contributed by atoms with van der Waals surface area (Å²) in [5.74, 6) is 2.60. The van der Waals surface area contributed by atoms with Crippen molar-refractivity contribution < 1.29 is 4.74 Å². The van der Waals surface area contributed by atoms with Crippen LogP contribution in [0.25, 0.3) is 0 Å². The third-order valence-electron chi connectivity index (χ3n) is 4.51. The topological polar surface area (TPSA) is 21.3 Å². The van der Waals surface area contributed by atoms with E-state index in [-0.39, 0.29) is 0 Å². The minimum Gasteiger partial charge on any atom is -0.496 e. The van der Waals surface area contributed by atoms with E-state index in [0.29, 0.717) is 0 Å². The Morgan fingerprint density at radius 1 is 1.20 bits per heavy atom. The fraction of sp³-hybridized carbons (Fsp3) is 0.647. The maximum atomic E-state index is 5.53. The number of hydrogen-bond donors (Lipinski definition) is 1. The molecule has 0 spiro atoms. The first-order valence-corrected chi connectivity index (χ1v) is 8.51. The van der Waals surface area contributed by atoms with E-state index in [1.165, 1.54) is 37.7 Å². The van der Waals surface area contributed by atoms with Gasteiger partial charge in [0.2, 0.25) is 0 Å². The summed E-state index contributed by atoms with van der Waals surface area (Å²) in [5.41, 5.74) is 1.34. The summed E-state index contributed by atoms with van der Waals surface area (Å²) >= 11 is 3.58. The number of ether oxygens (including phenoxy) is 1. The molecule has 0 heterocycles. The Balaban J connectivity index is 2.14. The summed E-state index contributed by atoms with van der Waals surface area (Å²) in [6.45, 7) is 1.14. The van der Waals surface area contributed by atoms with Crippen LogP contribution in [0, 0.1) is 11.8 Å². The number of hydrogen-bond acceptors (Lipinski definition) is 2. The van der Waals surface area contributed by atoms with E-state index in [1.807, 2.05) is 0 Å². The number of rotatable bonds is 5. The molecule has 1 aliphatic carbocycles. The third kappa shape index (κ3) is 4.23. The van der Waals surface area contributed by atoms with E-state index < -0.39 is 0 Å². The summed E-state index contributed by atoms with van der Waals surface area (Å²) in [4.78, 5) is 0. The van der Waals surface area contributed by atoms with Crippen LogP contribution in [0.4, 0.5) is 0 Å². The van der Waals surface area contributed by atoms with E-state index in [4.69, 9.17) is 4.74 Å². The van der Waals surface area contributed by atoms with E-state index >= 15 is 0 Å². The lowest BCUT2D eigenvalue weighted by Gasteiger charge is -2.26. The quantitative estimate of drug-likeness (QED) is 0.802. The molecule has 2 nitrogen and oxygen atoms in total. The van der Waals surface area contributed by atoms with Gasteiger partial charge >= 0.3 is 0 Å². The minimum absolute atomic E-state index is 0.771. The van der Waals surface area contributed by atoms with E-state index in [2.05, 4.69) is 46.5 Å². The normalized spacial score (nSPS) is 23.4. The molecule has 1 aliphatic rings. The summed E-state index contributed by atoms with van der Waals surface area (Å²) in [5, 5.41) is 3.38. The number of benzene rings is 1. The molecule has 1 saturated carbocycles. The van der Waals surface area contributed by atoms with Crippen molar-refractivity contribution in [2.75, 3.05) is 20.7 Å². The molecular formula is C17H26BrNO. The summed E-state index contributed by atoms with van der Waals surface area (Å²) in [7, 11) is 3.84. The molecule has 1 N–H and O–H groups in total. The van der Waals surface area contributed by atoms with E-state index in [1.54, 1.807) is 7.11 Å². The molecule has 0 aliphatic heterocycles. The Morgan fingerprint density at radius 3 is 2.65 bits per heavy atom. The SMILES string of the molecule is CNCC1CCCCCC1Cc1cc(Br)ccc1OC. The van der Waals surface area contributed by atoms with Gasteiger partial charge in [0, 0.05) is 4.47 Å². The molecule has 0 aromatic heterocycles. The molecule has 3 heteroatoms. The Morgan fingerprint density at radius 2 is 1.95 bits per heavy atom. The van der Waals surface area contributed by atoms with Crippen LogP contribution in [0.1, 0.15) is 37.7 Å². The van der Waals surface area contributed by atoms with Gasteiger partial charge < -0.3 is 10.1 Å². The first-order chi connectivity index (χ1) is 9.74. The van der Waals surface area contributed by atoms with Crippen LogP contribution in [-0.2, 0) is 6.42 Å². The Hall–Kier alpha value is -0.540. The molecular weight excluding hydrogens is 314 g/mol. The van der Waals surface area contributed by atoms with Crippen molar-refractivity contribution in [1.82, 2.24) is 5.32 Å². The average Bonchev–Trinajstić information content (AvgIpc) is 2.66. The van der Waals surface area contributed by atoms with Crippen molar-refractivity contribution in [3.63, 3.8) is 0 Å². The van der Waals surface area contributed by atoms with E-state index in [0.717, 1.165) is 35.0 Å². The van der Waals surface area contributed by atoms with Crippen LogP contribution < -0.4 is 10.1 Å². The fourth-order valence-electron chi connectivity index (χ4n) is 3.45. The second-order valence-electron chi connectivity index (χ2n) is 5.88. The van der Waals surface area contributed by atoms with Crippen LogP contribution in [0.15, 0.2) is 22.7 Å². The van der Waals surface area contributed by atoms with Gasteiger partial charge in [0.25, 0.3) is 0 Å². The van der Waals surface area contributed by atoms with Gasteiger partial charge in [-0.15, -0.1) is 0 Å². The largest absolute Gasteiger partial charge is 0.496 e. The van der Waals surface area contributed by atoms with Gasteiger partial charge in [-0.3, -0.25) is 0 Å². The monoisotopic (exact) mass is 339 g/mol. The van der Waals surface area contributed by atoms with Gasteiger partial charge in [0.1, 0.15) is 5.75 Å². The molecule has 0 bridgehead atoms. The van der Waals surface area contributed by atoms with Gasteiger partial charge in [0.15, 0.2) is 0 Å². The Bertz CT molecular complexity index is 421. The zero-order valence-corrected chi connectivity index (χ0v) is 14.2.